The van der Waals surface area contributed by atoms with Gasteiger partial charge in [-0.3, -0.25) is 0 Å². The molecular weight excluding hydrogens is 217 g/mol. The molecule has 0 radical (unpaired) electrons. The number of hydrogen-bond donors (Lipinski definition) is 1. The van der Waals surface area contributed by atoms with Crippen LogP contribution in [0.4, 0.5) is 10.2 Å². The van der Waals surface area contributed by atoms with Crippen LogP contribution in [0.25, 0.3) is 0 Å². The van der Waals surface area contributed by atoms with Crippen molar-refractivity contribution in [2.75, 3.05) is 11.4 Å². The van der Waals surface area contributed by atoms with Crippen LogP contribution in [0.2, 0.25) is 0 Å². The molecule has 0 amide bonds. The maximum atomic E-state index is 13.1. The minimum absolute atomic E-state index is 0.306. The molecule has 1 unspecified atom stereocenters. The number of anilines is 1. The Bertz CT molecular complexity index is 381. The Balaban J connectivity index is 2.30. The topological polar surface area (TPSA) is 42.2 Å². The zero-order chi connectivity index (χ0) is 12.3. The molecule has 0 spiro atoms. The minimum Gasteiger partial charge on any atom is -0.353 e. The summed E-state index contributed by atoms with van der Waals surface area (Å²) in [5.74, 6) is 0.569. The van der Waals surface area contributed by atoms with E-state index >= 15 is 0 Å². The first kappa shape index (κ1) is 12.3. The van der Waals surface area contributed by atoms with Crippen molar-refractivity contribution in [1.29, 1.82) is 0 Å². The molecule has 2 heterocycles. The van der Waals surface area contributed by atoms with Gasteiger partial charge in [-0.25, -0.2) is 9.37 Å². The molecule has 0 saturated carbocycles. The largest absolute Gasteiger partial charge is 0.353 e. The van der Waals surface area contributed by atoms with Crippen LogP contribution in [-0.4, -0.2) is 17.6 Å². The molecule has 1 atom stereocenters. The third-order valence-electron chi connectivity index (χ3n) is 3.50. The predicted octanol–water partition coefficient (Wildman–Crippen LogP) is 2.45. The Hall–Kier alpha value is -1.16. The van der Waals surface area contributed by atoms with Gasteiger partial charge >= 0.3 is 0 Å². The smallest absolute Gasteiger partial charge is 0.141 e. The van der Waals surface area contributed by atoms with E-state index in [1.807, 2.05) is 0 Å². The maximum Gasteiger partial charge on any atom is 0.141 e. The molecule has 1 aliphatic heterocycles. The molecular formula is C13H20FN3. The first-order chi connectivity index (χ1) is 8.26. The van der Waals surface area contributed by atoms with Gasteiger partial charge in [0.2, 0.25) is 0 Å². The highest BCUT2D eigenvalue weighted by Crippen LogP contribution is 2.27. The highest BCUT2D eigenvalue weighted by molar-refractivity contribution is 5.48. The summed E-state index contributed by atoms with van der Waals surface area (Å²) in [5.41, 5.74) is 6.49. The van der Waals surface area contributed by atoms with Gasteiger partial charge in [-0.15, -0.1) is 0 Å². The number of hydrogen-bond acceptors (Lipinski definition) is 3. The maximum absolute atomic E-state index is 13.1. The molecule has 1 fully saturated rings. The molecule has 1 aliphatic rings. The molecule has 94 valence electrons. The number of rotatable bonds is 3. The summed E-state index contributed by atoms with van der Waals surface area (Å²) in [6.45, 7) is 3.53. The van der Waals surface area contributed by atoms with Crippen molar-refractivity contribution >= 4 is 5.82 Å². The zero-order valence-electron chi connectivity index (χ0n) is 10.3. The van der Waals surface area contributed by atoms with Gasteiger partial charge in [-0.2, -0.15) is 0 Å². The number of aromatic nitrogens is 1. The van der Waals surface area contributed by atoms with Crippen LogP contribution in [0.1, 0.15) is 38.2 Å². The summed E-state index contributed by atoms with van der Waals surface area (Å²) >= 11 is 0. The molecule has 1 saturated heterocycles. The first-order valence-corrected chi connectivity index (χ1v) is 6.37. The van der Waals surface area contributed by atoms with Gasteiger partial charge in [-0.1, -0.05) is 6.92 Å². The van der Waals surface area contributed by atoms with E-state index in [9.17, 15) is 4.39 Å². The van der Waals surface area contributed by atoms with Gasteiger partial charge < -0.3 is 10.6 Å². The fourth-order valence-corrected chi connectivity index (χ4v) is 2.59. The van der Waals surface area contributed by atoms with Gasteiger partial charge in [0.25, 0.3) is 0 Å². The lowest BCUT2D eigenvalue weighted by atomic mass is 9.99. The molecule has 2 rings (SSSR count). The van der Waals surface area contributed by atoms with E-state index in [1.165, 1.54) is 31.5 Å². The van der Waals surface area contributed by atoms with Crippen LogP contribution in [-0.2, 0) is 6.54 Å². The number of pyridine rings is 1. The summed E-state index contributed by atoms with van der Waals surface area (Å²) in [7, 11) is 0. The molecule has 0 aliphatic carbocycles. The van der Waals surface area contributed by atoms with Crippen molar-refractivity contribution in [1.82, 2.24) is 4.98 Å². The summed E-state index contributed by atoms with van der Waals surface area (Å²) in [6, 6.07) is 2.02. The standard InChI is InChI=1S/C13H20FN3/c1-2-12-5-3-4-6-17(12)13-10(8-15)7-11(14)9-16-13/h7,9,12H,2-6,8,15H2,1H3. The Labute approximate surface area is 102 Å². The molecule has 4 heteroatoms. The van der Waals surface area contributed by atoms with Gasteiger partial charge in [-0.05, 0) is 31.7 Å². The normalized spacial score (nSPS) is 20.6. The van der Waals surface area contributed by atoms with Gasteiger partial charge in [0, 0.05) is 24.7 Å². The van der Waals surface area contributed by atoms with E-state index in [0.29, 0.717) is 12.6 Å². The minimum atomic E-state index is -0.306. The van der Waals surface area contributed by atoms with Crippen LogP contribution in [0, 0.1) is 5.82 Å². The van der Waals surface area contributed by atoms with Crippen LogP contribution in [0.15, 0.2) is 12.3 Å². The van der Waals surface area contributed by atoms with Crippen molar-refractivity contribution in [3.8, 4) is 0 Å². The zero-order valence-corrected chi connectivity index (χ0v) is 10.3. The third kappa shape index (κ3) is 2.57. The Kier molecular flexibility index (Phi) is 3.94. The van der Waals surface area contributed by atoms with E-state index in [4.69, 9.17) is 5.73 Å². The highest BCUT2D eigenvalue weighted by Gasteiger charge is 2.23. The fraction of sp³-hybridized carbons (Fsp3) is 0.615. The lowest BCUT2D eigenvalue weighted by Crippen LogP contribution is -2.40. The van der Waals surface area contributed by atoms with Crippen molar-refractivity contribution in [2.24, 2.45) is 5.73 Å². The number of halogens is 1. The van der Waals surface area contributed by atoms with E-state index in [1.54, 1.807) is 0 Å². The molecule has 0 bridgehead atoms. The SMILES string of the molecule is CCC1CCCCN1c1ncc(F)cc1CN. The van der Waals surface area contributed by atoms with E-state index in [2.05, 4.69) is 16.8 Å². The summed E-state index contributed by atoms with van der Waals surface area (Å²) in [6.07, 6.45) is 6.03. The third-order valence-corrected chi connectivity index (χ3v) is 3.50. The molecule has 0 aromatic carbocycles. The second kappa shape index (κ2) is 5.45. The van der Waals surface area contributed by atoms with Crippen LogP contribution in [0.5, 0.6) is 0 Å². The monoisotopic (exact) mass is 237 g/mol. The summed E-state index contributed by atoms with van der Waals surface area (Å²) in [5, 5.41) is 0. The van der Waals surface area contributed by atoms with Crippen LogP contribution < -0.4 is 10.6 Å². The van der Waals surface area contributed by atoms with Crippen molar-refractivity contribution in [3.05, 3.63) is 23.6 Å². The molecule has 1 aromatic rings. The lowest BCUT2D eigenvalue weighted by molar-refractivity contribution is 0.445. The Morgan fingerprint density at radius 2 is 2.35 bits per heavy atom. The molecule has 3 nitrogen and oxygen atoms in total. The van der Waals surface area contributed by atoms with Crippen LogP contribution in [0.3, 0.4) is 0 Å². The first-order valence-electron chi connectivity index (χ1n) is 6.37. The van der Waals surface area contributed by atoms with E-state index < -0.39 is 0 Å². The average Bonchev–Trinajstić information content (AvgIpc) is 2.38. The van der Waals surface area contributed by atoms with E-state index in [0.717, 1.165) is 24.3 Å². The second-order valence-electron chi connectivity index (χ2n) is 4.59. The number of nitrogens with zero attached hydrogens (tertiary/aromatic N) is 2. The number of piperidine rings is 1. The molecule has 17 heavy (non-hydrogen) atoms. The van der Waals surface area contributed by atoms with Gasteiger partial charge in [0.15, 0.2) is 0 Å². The predicted molar refractivity (Wildman–Crippen MR) is 67.4 cm³/mol. The molecule has 1 aromatic heterocycles. The molecule has 2 N–H and O–H groups in total. The van der Waals surface area contributed by atoms with Crippen molar-refractivity contribution < 1.29 is 4.39 Å². The van der Waals surface area contributed by atoms with Gasteiger partial charge in [0.05, 0.1) is 6.20 Å². The second-order valence-corrected chi connectivity index (χ2v) is 4.59. The van der Waals surface area contributed by atoms with Gasteiger partial charge in [0.1, 0.15) is 11.6 Å². The van der Waals surface area contributed by atoms with Crippen molar-refractivity contribution in [3.63, 3.8) is 0 Å². The summed E-state index contributed by atoms with van der Waals surface area (Å²) in [4.78, 5) is 6.54. The van der Waals surface area contributed by atoms with Crippen molar-refractivity contribution in [2.45, 2.75) is 45.2 Å². The quantitative estimate of drug-likeness (QED) is 0.878. The number of nitrogens with two attached hydrogens (primary N) is 1. The lowest BCUT2D eigenvalue weighted by Gasteiger charge is -2.37. The highest BCUT2D eigenvalue weighted by atomic mass is 19.1. The summed E-state index contributed by atoms with van der Waals surface area (Å²) < 4.78 is 13.1. The average molecular weight is 237 g/mol. The van der Waals surface area contributed by atoms with Crippen LogP contribution >= 0.6 is 0 Å². The Morgan fingerprint density at radius 1 is 1.53 bits per heavy atom. The Morgan fingerprint density at radius 3 is 3.06 bits per heavy atom. The van der Waals surface area contributed by atoms with E-state index in [-0.39, 0.29) is 5.82 Å². The fourth-order valence-electron chi connectivity index (χ4n) is 2.59.